The molecule has 1 aliphatic rings. The summed E-state index contributed by atoms with van der Waals surface area (Å²) in [7, 11) is 0. The molecule has 1 saturated heterocycles. The molecule has 0 spiro atoms. The molecule has 0 radical (unpaired) electrons. The van der Waals surface area contributed by atoms with Gasteiger partial charge in [0.15, 0.2) is 5.41 Å². The third-order valence-corrected chi connectivity index (χ3v) is 5.50. The van der Waals surface area contributed by atoms with E-state index in [2.05, 4.69) is 0 Å². The summed E-state index contributed by atoms with van der Waals surface area (Å²) in [5, 5.41) is 0. The van der Waals surface area contributed by atoms with Gasteiger partial charge in [0.2, 0.25) is 0 Å². The second-order valence-corrected chi connectivity index (χ2v) is 7.60. The Balaban J connectivity index is 1.91. The first-order chi connectivity index (χ1) is 14.6. The fraction of sp³-hybridized carbons (Fsp3) is 0.440. The van der Waals surface area contributed by atoms with Gasteiger partial charge in [-0.15, -0.1) is 0 Å². The van der Waals surface area contributed by atoms with Gasteiger partial charge in [-0.1, -0.05) is 54.6 Å². The molecule has 5 heteroatoms. The normalized spacial score (nSPS) is 16.3. The minimum Gasteiger partial charge on any atom is -0.465 e. The van der Waals surface area contributed by atoms with E-state index in [0.29, 0.717) is 6.61 Å². The van der Waals surface area contributed by atoms with E-state index in [1.54, 1.807) is 13.8 Å². The van der Waals surface area contributed by atoms with Crippen molar-refractivity contribution in [3.05, 3.63) is 60.2 Å². The molecule has 0 N–H and O–H groups in total. The first-order valence-electron chi connectivity index (χ1n) is 10.7. The van der Waals surface area contributed by atoms with Gasteiger partial charge in [-0.2, -0.15) is 0 Å². The number of benzene rings is 2. The summed E-state index contributed by atoms with van der Waals surface area (Å²) >= 11 is 0. The molecule has 1 atom stereocenters. The Bertz CT molecular complexity index is 804. The van der Waals surface area contributed by atoms with Crippen LogP contribution in [0.4, 0.5) is 0 Å². The molecule has 1 fully saturated rings. The summed E-state index contributed by atoms with van der Waals surface area (Å²) in [6.45, 7) is 4.55. The lowest BCUT2D eigenvalue weighted by molar-refractivity contribution is -0.174. The zero-order valence-electron chi connectivity index (χ0n) is 17.8. The highest BCUT2D eigenvalue weighted by Gasteiger charge is 2.50. The van der Waals surface area contributed by atoms with Crippen molar-refractivity contribution in [3.8, 4) is 11.1 Å². The van der Waals surface area contributed by atoms with E-state index in [-0.39, 0.29) is 32.2 Å². The standard InChI is InChI=1S/C25H30O5/c1-3-28-23(26)25(24(27)29-4-2,18-22-11-8-16-30-22)17-19-12-14-21(15-13-19)20-9-6-5-7-10-20/h5-7,9-10,12-15,22H,3-4,8,11,16-18H2,1-2H3. The van der Waals surface area contributed by atoms with Gasteiger partial charge in [0.1, 0.15) is 0 Å². The summed E-state index contributed by atoms with van der Waals surface area (Å²) in [5.41, 5.74) is 1.67. The molecule has 3 rings (SSSR count). The van der Waals surface area contributed by atoms with Crippen molar-refractivity contribution in [2.45, 2.75) is 45.6 Å². The van der Waals surface area contributed by atoms with Crippen LogP contribution in [0.15, 0.2) is 54.6 Å². The van der Waals surface area contributed by atoms with E-state index in [0.717, 1.165) is 29.5 Å². The highest BCUT2D eigenvalue weighted by Crippen LogP contribution is 2.36. The molecule has 1 unspecified atom stereocenters. The number of esters is 2. The van der Waals surface area contributed by atoms with Crippen LogP contribution in [0, 0.1) is 5.41 Å². The molecule has 2 aromatic rings. The molecule has 0 aromatic heterocycles. The summed E-state index contributed by atoms with van der Waals surface area (Å²) < 4.78 is 16.5. The molecule has 0 aliphatic carbocycles. The Kier molecular flexibility index (Phi) is 7.63. The number of hydrogen-bond acceptors (Lipinski definition) is 5. The quantitative estimate of drug-likeness (QED) is 0.447. The molecular formula is C25H30O5. The van der Waals surface area contributed by atoms with Crippen LogP contribution in [-0.2, 0) is 30.2 Å². The lowest BCUT2D eigenvalue weighted by Crippen LogP contribution is -2.46. The van der Waals surface area contributed by atoms with Gasteiger partial charge in [-0.3, -0.25) is 9.59 Å². The van der Waals surface area contributed by atoms with E-state index >= 15 is 0 Å². The maximum Gasteiger partial charge on any atom is 0.323 e. The van der Waals surface area contributed by atoms with Gasteiger partial charge < -0.3 is 14.2 Å². The summed E-state index contributed by atoms with van der Waals surface area (Å²) in [6.07, 6.45) is 2.10. The number of ether oxygens (including phenoxy) is 3. The summed E-state index contributed by atoms with van der Waals surface area (Å²) in [6, 6.07) is 18.0. The van der Waals surface area contributed by atoms with Gasteiger partial charge >= 0.3 is 11.9 Å². The van der Waals surface area contributed by atoms with E-state index in [1.165, 1.54) is 0 Å². The molecule has 0 saturated carbocycles. The molecule has 1 aliphatic heterocycles. The van der Waals surface area contributed by atoms with Gasteiger partial charge in [0, 0.05) is 13.0 Å². The smallest absolute Gasteiger partial charge is 0.323 e. The predicted molar refractivity (Wildman–Crippen MR) is 115 cm³/mol. The maximum absolute atomic E-state index is 13.1. The van der Waals surface area contributed by atoms with Crippen molar-refractivity contribution in [2.24, 2.45) is 5.41 Å². The average molecular weight is 411 g/mol. The molecule has 0 bridgehead atoms. The first kappa shape index (κ1) is 22.0. The fourth-order valence-corrected chi connectivity index (χ4v) is 3.99. The third-order valence-electron chi connectivity index (χ3n) is 5.50. The topological polar surface area (TPSA) is 61.8 Å². The predicted octanol–water partition coefficient (Wildman–Crippen LogP) is 4.58. The number of carbonyl (C=O) groups excluding carboxylic acids is 2. The van der Waals surface area contributed by atoms with E-state index < -0.39 is 17.4 Å². The number of carbonyl (C=O) groups is 2. The Morgan fingerprint density at radius 3 is 2.07 bits per heavy atom. The largest absolute Gasteiger partial charge is 0.465 e. The van der Waals surface area contributed by atoms with E-state index in [4.69, 9.17) is 14.2 Å². The minimum atomic E-state index is -1.41. The van der Waals surface area contributed by atoms with Crippen molar-refractivity contribution in [1.82, 2.24) is 0 Å². The minimum absolute atomic E-state index is 0.151. The van der Waals surface area contributed by atoms with Crippen LogP contribution >= 0.6 is 0 Å². The van der Waals surface area contributed by atoms with Crippen LogP contribution in [0.5, 0.6) is 0 Å². The second-order valence-electron chi connectivity index (χ2n) is 7.60. The third kappa shape index (κ3) is 5.08. The van der Waals surface area contributed by atoms with Gasteiger partial charge in [0.05, 0.1) is 19.3 Å². The van der Waals surface area contributed by atoms with Crippen molar-refractivity contribution < 1.29 is 23.8 Å². The van der Waals surface area contributed by atoms with Crippen molar-refractivity contribution in [3.63, 3.8) is 0 Å². The SMILES string of the molecule is CCOC(=O)C(Cc1ccc(-c2ccccc2)cc1)(CC1CCCO1)C(=O)OCC. The van der Waals surface area contributed by atoms with Gasteiger partial charge in [0.25, 0.3) is 0 Å². The molecule has 0 amide bonds. The van der Waals surface area contributed by atoms with Crippen LogP contribution in [0.25, 0.3) is 11.1 Å². The Labute approximate surface area is 178 Å². The van der Waals surface area contributed by atoms with Crippen LogP contribution in [0.3, 0.4) is 0 Å². The lowest BCUT2D eigenvalue weighted by Gasteiger charge is -2.31. The molecule has 5 nitrogen and oxygen atoms in total. The highest BCUT2D eigenvalue weighted by molar-refractivity contribution is 6.00. The fourth-order valence-electron chi connectivity index (χ4n) is 3.99. The lowest BCUT2D eigenvalue weighted by atomic mass is 9.76. The van der Waals surface area contributed by atoms with Crippen LogP contribution < -0.4 is 0 Å². The van der Waals surface area contributed by atoms with Crippen LogP contribution in [0.1, 0.15) is 38.7 Å². The maximum atomic E-state index is 13.1. The van der Waals surface area contributed by atoms with E-state index in [9.17, 15) is 9.59 Å². The molecule has 30 heavy (non-hydrogen) atoms. The molecule has 2 aromatic carbocycles. The van der Waals surface area contributed by atoms with Crippen LogP contribution in [0.2, 0.25) is 0 Å². The first-order valence-corrected chi connectivity index (χ1v) is 10.7. The van der Waals surface area contributed by atoms with Crippen molar-refractivity contribution in [2.75, 3.05) is 19.8 Å². The Morgan fingerprint density at radius 1 is 0.933 bits per heavy atom. The molecular weight excluding hydrogens is 380 g/mol. The van der Waals surface area contributed by atoms with Crippen molar-refractivity contribution in [1.29, 1.82) is 0 Å². The number of rotatable bonds is 9. The summed E-state index contributed by atoms with van der Waals surface area (Å²) in [5.74, 6) is -1.07. The second kappa shape index (κ2) is 10.4. The van der Waals surface area contributed by atoms with Gasteiger partial charge in [-0.25, -0.2) is 0 Å². The zero-order chi connectivity index (χ0) is 21.4. The Hall–Kier alpha value is -2.66. The average Bonchev–Trinajstić information content (AvgIpc) is 3.27. The summed E-state index contributed by atoms with van der Waals surface area (Å²) in [4.78, 5) is 26.2. The number of hydrogen-bond donors (Lipinski definition) is 0. The highest BCUT2D eigenvalue weighted by atomic mass is 16.6. The van der Waals surface area contributed by atoms with Gasteiger partial charge in [-0.05, 0) is 49.8 Å². The van der Waals surface area contributed by atoms with Crippen molar-refractivity contribution >= 4 is 11.9 Å². The van der Waals surface area contributed by atoms with Crippen LogP contribution in [-0.4, -0.2) is 37.9 Å². The van der Waals surface area contributed by atoms with E-state index in [1.807, 2.05) is 54.6 Å². The Morgan fingerprint density at radius 2 is 1.53 bits per heavy atom. The molecule has 1 heterocycles. The zero-order valence-corrected chi connectivity index (χ0v) is 17.8. The monoisotopic (exact) mass is 410 g/mol. The molecule has 160 valence electrons.